The van der Waals surface area contributed by atoms with Gasteiger partial charge in [-0.25, -0.2) is 0 Å². The highest BCUT2D eigenvalue weighted by molar-refractivity contribution is 4.86. The van der Waals surface area contributed by atoms with Crippen LogP contribution < -0.4 is 5.73 Å². The van der Waals surface area contributed by atoms with Gasteiger partial charge < -0.3 is 15.2 Å². The molecule has 0 aliphatic carbocycles. The lowest BCUT2D eigenvalue weighted by Crippen LogP contribution is -2.30. The number of hydrogen-bond acceptors (Lipinski definition) is 4. The monoisotopic (exact) mass is 202 g/mol. The maximum Gasteiger partial charge on any atom is 0.0971 e. The van der Waals surface area contributed by atoms with E-state index in [0.29, 0.717) is 5.92 Å². The number of nitrogens with two attached hydrogens (primary N) is 1. The second-order valence-corrected chi connectivity index (χ2v) is 4.11. The predicted molar refractivity (Wildman–Crippen MR) is 56.3 cm³/mol. The molecule has 0 radical (unpaired) electrons. The van der Waals surface area contributed by atoms with Gasteiger partial charge in [-0.05, 0) is 12.5 Å². The van der Waals surface area contributed by atoms with Crippen molar-refractivity contribution in [3.8, 4) is 0 Å². The second kappa shape index (κ2) is 5.66. The van der Waals surface area contributed by atoms with E-state index in [4.69, 9.17) is 15.2 Å². The zero-order valence-electron chi connectivity index (χ0n) is 9.40. The molecule has 0 aromatic heterocycles. The fraction of sp³-hybridized carbons (Fsp3) is 1.00. The summed E-state index contributed by atoms with van der Waals surface area (Å²) in [5, 5.41) is 0. The largest absolute Gasteiger partial charge is 0.377 e. The molecule has 1 saturated heterocycles. The Morgan fingerprint density at radius 1 is 1.29 bits per heavy atom. The van der Waals surface area contributed by atoms with Crippen LogP contribution in [-0.4, -0.2) is 57.5 Å². The smallest absolute Gasteiger partial charge is 0.0971 e. The zero-order valence-corrected chi connectivity index (χ0v) is 9.40. The van der Waals surface area contributed by atoms with Crippen LogP contribution in [-0.2, 0) is 9.47 Å². The lowest BCUT2D eigenvalue weighted by Gasteiger charge is -2.18. The van der Waals surface area contributed by atoms with E-state index < -0.39 is 0 Å². The molecule has 0 aromatic carbocycles. The first-order chi connectivity index (χ1) is 6.71. The van der Waals surface area contributed by atoms with Crippen molar-refractivity contribution in [2.24, 2.45) is 11.7 Å². The van der Waals surface area contributed by atoms with Crippen LogP contribution in [0.5, 0.6) is 0 Å². The highest BCUT2D eigenvalue weighted by Crippen LogP contribution is 2.16. The van der Waals surface area contributed by atoms with E-state index in [2.05, 4.69) is 11.8 Å². The minimum Gasteiger partial charge on any atom is -0.377 e. The summed E-state index contributed by atoms with van der Waals surface area (Å²) in [6, 6.07) is 0. The number of nitrogens with zero attached hydrogens (tertiary/aromatic N) is 1. The summed E-state index contributed by atoms with van der Waals surface area (Å²) >= 11 is 0. The van der Waals surface area contributed by atoms with Crippen molar-refractivity contribution in [2.45, 2.75) is 19.1 Å². The molecule has 0 saturated carbocycles. The van der Waals surface area contributed by atoms with Crippen LogP contribution >= 0.6 is 0 Å². The molecule has 2 N–H and O–H groups in total. The molecule has 0 spiro atoms. The van der Waals surface area contributed by atoms with Gasteiger partial charge in [-0.1, -0.05) is 6.92 Å². The van der Waals surface area contributed by atoms with Crippen LogP contribution in [0.1, 0.15) is 6.92 Å². The average molecular weight is 202 g/mol. The Hall–Kier alpha value is -0.160. The van der Waals surface area contributed by atoms with Gasteiger partial charge in [-0.15, -0.1) is 0 Å². The van der Waals surface area contributed by atoms with E-state index in [1.54, 1.807) is 14.2 Å². The molecule has 0 aromatic rings. The van der Waals surface area contributed by atoms with Gasteiger partial charge in [0.05, 0.1) is 12.2 Å². The molecule has 1 aliphatic rings. The van der Waals surface area contributed by atoms with E-state index in [1.807, 2.05) is 0 Å². The highest BCUT2D eigenvalue weighted by atomic mass is 16.5. The molecule has 4 heteroatoms. The molecule has 1 rings (SSSR count). The Kier molecular flexibility index (Phi) is 4.81. The van der Waals surface area contributed by atoms with Gasteiger partial charge in [0.1, 0.15) is 0 Å². The highest BCUT2D eigenvalue weighted by Gasteiger charge is 2.32. The molecule has 3 unspecified atom stereocenters. The Labute approximate surface area is 86.3 Å². The lowest BCUT2D eigenvalue weighted by atomic mass is 10.2. The maximum atomic E-state index is 5.60. The third kappa shape index (κ3) is 2.92. The second-order valence-electron chi connectivity index (χ2n) is 4.11. The van der Waals surface area contributed by atoms with Gasteiger partial charge in [0.15, 0.2) is 0 Å². The van der Waals surface area contributed by atoms with E-state index >= 15 is 0 Å². The summed E-state index contributed by atoms with van der Waals surface area (Å²) < 4.78 is 10.7. The molecule has 0 bridgehead atoms. The van der Waals surface area contributed by atoms with Crippen molar-refractivity contribution >= 4 is 0 Å². The van der Waals surface area contributed by atoms with Crippen LogP contribution in [0, 0.1) is 5.92 Å². The first kappa shape index (κ1) is 11.9. The number of hydrogen-bond donors (Lipinski definition) is 1. The lowest BCUT2D eigenvalue weighted by molar-refractivity contribution is -0.00461. The standard InChI is InChI=1S/C10H22N2O2/c1-8(4-11)5-12-6-9(13-2)10(7-12)14-3/h8-10H,4-7,11H2,1-3H3. The third-order valence-corrected chi connectivity index (χ3v) is 2.87. The van der Waals surface area contributed by atoms with Crippen molar-refractivity contribution in [1.29, 1.82) is 0 Å². The third-order valence-electron chi connectivity index (χ3n) is 2.87. The van der Waals surface area contributed by atoms with Gasteiger partial charge >= 0.3 is 0 Å². The fourth-order valence-corrected chi connectivity index (χ4v) is 1.94. The summed E-state index contributed by atoms with van der Waals surface area (Å²) in [4.78, 5) is 2.36. The van der Waals surface area contributed by atoms with Crippen LogP contribution in [0.2, 0.25) is 0 Å². The van der Waals surface area contributed by atoms with E-state index in [9.17, 15) is 0 Å². The molecule has 14 heavy (non-hydrogen) atoms. The molecular weight excluding hydrogens is 180 g/mol. The van der Waals surface area contributed by atoms with Gasteiger partial charge in [0, 0.05) is 33.9 Å². The van der Waals surface area contributed by atoms with Gasteiger partial charge in [-0.2, -0.15) is 0 Å². The van der Waals surface area contributed by atoms with Gasteiger partial charge in [-0.3, -0.25) is 4.90 Å². The quantitative estimate of drug-likeness (QED) is 0.678. The number of ether oxygens (including phenoxy) is 2. The Bertz CT molecular complexity index is 154. The Morgan fingerprint density at radius 2 is 1.79 bits per heavy atom. The molecule has 1 heterocycles. The molecule has 1 fully saturated rings. The topological polar surface area (TPSA) is 47.7 Å². The summed E-state index contributed by atoms with van der Waals surface area (Å²) in [5.74, 6) is 0.545. The minimum absolute atomic E-state index is 0.213. The number of likely N-dealkylation sites (tertiary alicyclic amines) is 1. The first-order valence-electron chi connectivity index (χ1n) is 5.19. The van der Waals surface area contributed by atoms with Gasteiger partial charge in [0.25, 0.3) is 0 Å². The number of methoxy groups -OCH3 is 2. The Morgan fingerprint density at radius 3 is 2.14 bits per heavy atom. The maximum absolute atomic E-state index is 5.60. The van der Waals surface area contributed by atoms with Crippen molar-refractivity contribution in [1.82, 2.24) is 4.90 Å². The normalized spacial score (nSPS) is 30.9. The summed E-state index contributed by atoms with van der Waals surface area (Å²) in [7, 11) is 3.49. The van der Waals surface area contributed by atoms with Crippen LogP contribution in [0.4, 0.5) is 0 Å². The molecule has 84 valence electrons. The zero-order chi connectivity index (χ0) is 10.6. The van der Waals surface area contributed by atoms with E-state index in [0.717, 1.165) is 26.2 Å². The SMILES string of the molecule is COC1CN(CC(C)CN)CC1OC. The molecule has 1 aliphatic heterocycles. The molecule has 4 nitrogen and oxygen atoms in total. The van der Waals surface area contributed by atoms with E-state index in [-0.39, 0.29) is 12.2 Å². The summed E-state index contributed by atoms with van der Waals surface area (Å²) in [6.45, 7) is 5.86. The van der Waals surface area contributed by atoms with Gasteiger partial charge in [0.2, 0.25) is 0 Å². The minimum atomic E-state index is 0.213. The van der Waals surface area contributed by atoms with Crippen LogP contribution in [0.25, 0.3) is 0 Å². The molecule has 0 amide bonds. The first-order valence-corrected chi connectivity index (χ1v) is 5.19. The Balaban J connectivity index is 2.37. The average Bonchev–Trinajstić information content (AvgIpc) is 2.59. The summed E-state index contributed by atoms with van der Waals surface area (Å²) in [5.41, 5.74) is 5.60. The van der Waals surface area contributed by atoms with Crippen LogP contribution in [0.15, 0.2) is 0 Å². The van der Waals surface area contributed by atoms with Crippen molar-refractivity contribution in [2.75, 3.05) is 40.4 Å². The van der Waals surface area contributed by atoms with E-state index in [1.165, 1.54) is 0 Å². The van der Waals surface area contributed by atoms with Crippen molar-refractivity contribution in [3.63, 3.8) is 0 Å². The van der Waals surface area contributed by atoms with Crippen LogP contribution in [0.3, 0.4) is 0 Å². The molecular formula is C10H22N2O2. The fourth-order valence-electron chi connectivity index (χ4n) is 1.94. The van der Waals surface area contributed by atoms with Crippen molar-refractivity contribution < 1.29 is 9.47 Å². The van der Waals surface area contributed by atoms with Crippen molar-refractivity contribution in [3.05, 3.63) is 0 Å². The number of rotatable bonds is 5. The predicted octanol–water partition coefficient (Wildman–Crippen LogP) is -0.0732. The molecule has 3 atom stereocenters. The summed E-state index contributed by atoms with van der Waals surface area (Å²) in [6.07, 6.45) is 0.426.